The van der Waals surface area contributed by atoms with E-state index in [-0.39, 0.29) is 12.4 Å². The van der Waals surface area contributed by atoms with E-state index in [1.807, 2.05) is 16.9 Å². The third-order valence-corrected chi connectivity index (χ3v) is 4.29. The normalized spacial score (nSPS) is 18.9. The fraction of sp³-hybridized carbons (Fsp3) is 0.471. The molecule has 0 aliphatic carbocycles. The number of hydrogen-bond acceptors (Lipinski definition) is 3. The van der Waals surface area contributed by atoms with Crippen molar-refractivity contribution in [2.24, 2.45) is 11.7 Å². The Bertz CT molecular complexity index is 553. The van der Waals surface area contributed by atoms with E-state index in [0.717, 1.165) is 37.7 Å². The minimum absolute atomic E-state index is 0. The van der Waals surface area contributed by atoms with Crippen LogP contribution in [0, 0.1) is 5.92 Å². The highest BCUT2D eigenvalue weighted by Crippen LogP contribution is 2.21. The molecular weight excluding hydrogens is 296 g/mol. The highest BCUT2D eigenvalue weighted by atomic mass is 35.5. The Balaban J connectivity index is 0.00000176. The number of aromatic nitrogens is 2. The van der Waals surface area contributed by atoms with Crippen molar-refractivity contribution in [1.82, 2.24) is 14.7 Å². The Hall–Kier alpha value is -1.36. The number of piperidine rings is 1. The SMILES string of the molecule is Cl.NCCC1CCCN(Cc2ccnn2-c2ccccc2)C1. The summed E-state index contributed by atoms with van der Waals surface area (Å²) in [4.78, 5) is 2.54. The number of benzene rings is 1. The molecule has 1 aliphatic heterocycles. The molecule has 0 spiro atoms. The maximum atomic E-state index is 5.71. The molecule has 0 bridgehead atoms. The molecule has 1 atom stereocenters. The van der Waals surface area contributed by atoms with Gasteiger partial charge in [0, 0.05) is 19.3 Å². The second kappa shape index (κ2) is 8.32. The Morgan fingerprint density at radius 2 is 2.00 bits per heavy atom. The van der Waals surface area contributed by atoms with Gasteiger partial charge in [-0.2, -0.15) is 5.10 Å². The molecule has 2 N–H and O–H groups in total. The van der Waals surface area contributed by atoms with Crippen molar-refractivity contribution in [1.29, 1.82) is 0 Å². The lowest BCUT2D eigenvalue weighted by Crippen LogP contribution is -2.36. The van der Waals surface area contributed by atoms with Gasteiger partial charge in [0.05, 0.1) is 11.4 Å². The van der Waals surface area contributed by atoms with Crippen LogP contribution in [0.2, 0.25) is 0 Å². The molecule has 4 nitrogen and oxygen atoms in total. The lowest BCUT2D eigenvalue weighted by Gasteiger charge is -2.32. The summed E-state index contributed by atoms with van der Waals surface area (Å²) in [6.45, 7) is 4.12. The van der Waals surface area contributed by atoms with E-state index in [9.17, 15) is 0 Å². The minimum Gasteiger partial charge on any atom is -0.330 e. The zero-order valence-corrected chi connectivity index (χ0v) is 13.7. The van der Waals surface area contributed by atoms with Gasteiger partial charge in [-0.25, -0.2) is 4.68 Å². The second-order valence-corrected chi connectivity index (χ2v) is 5.89. The van der Waals surface area contributed by atoms with Crippen LogP contribution in [0.3, 0.4) is 0 Å². The molecule has 120 valence electrons. The van der Waals surface area contributed by atoms with Crippen LogP contribution in [0.5, 0.6) is 0 Å². The van der Waals surface area contributed by atoms with Gasteiger partial charge in [0.1, 0.15) is 0 Å². The number of hydrogen-bond donors (Lipinski definition) is 1. The second-order valence-electron chi connectivity index (χ2n) is 5.89. The molecule has 2 heterocycles. The molecule has 1 aromatic heterocycles. The van der Waals surface area contributed by atoms with Crippen LogP contribution in [-0.4, -0.2) is 34.3 Å². The van der Waals surface area contributed by atoms with Gasteiger partial charge in [-0.05, 0) is 56.5 Å². The van der Waals surface area contributed by atoms with Gasteiger partial charge in [0.15, 0.2) is 0 Å². The molecule has 22 heavy (non-hydrogen) atoms. The molecule has 0 radical (unpaired) electrons. The zero-order chi connectivity index (χ0) is 14.5. The largest absolute Gasteiger partial charge is 0.330 e. The molecule has 1 aromatic carbocycles. The molecule has 1 aliphatic rings. The number of rotatable bonds is 5. The van der Waals surface area contributed by atoms with Crippen LogP contribution in [0.25, 0.3) is 5.69 Å². The van der Waals surface area contributed by atoms with E-state index >= 15 is 0 Å². The Kier molecular flexibility index (Phi) is 6.43. The Morgan fingerprint density at radius 3 is 2.77 bits per heavy atom. The molecule has 2 aromatic rings. The standard InChI is InChI=1S/C17H24N4.ClH/c18-10-8-15-5-4-12-20(13-15)14-17-9-11-19-21(17)16-6-2-1-3-7-16;/h1-3,6-7,9,11,15H,4-5,8,10,12-14,18H2;1H. The summed E-state index contributed by atoms with van der Waals surface area (Å²) in [5.41, 5.74) is 8.10. The van der Waals surface area contributed by atoms with E-state index in [0.29, 0.717) is 0 Å². The molecular formula is C17H25ClN4. The number of likely N-dealkylation sites (tertiary alicyclic amines) is 1. The van der Waals surface area contributed by atoms with Gasteiger partial charge in [0.25, 0.3) is 0 Å². The smallest absolute Gasteiger partial charge is 0.0649 e. The van der Waals surface area contributed by atoms with Crippen molar-refractivity contribution in [2.45, 2.75) is 25.8 Å². The predicted molar refractivity (Wildman–Crippen MR) is 92.5 cm³/mol. The van der Waals surface area contributed by atoms with Crippen molar-refractivity contribution in [2.75, 3.05) is 19.6 Å². The van der Waals surface area contributed by atoms with Crippen molar-refractivity contribution < 1.29 is 0 Å². The van der Waals surface area contributed by atoms with Crippen molar-refractivity contribution in [3.05, 3.63) is 48.3 Å². The van der Waals surface area contributed by atoms with Gasteiger partial charge in [-0.3, -0.25) is 4.90 Å². The van der Waals surface area contributed by atoms with Gasteiger partial charge >= 0.3 is 0 Å². The first-order valence-corrected chi connectivity index (χ1v) is 7.87. The molecule has 3 rings (SSSR count). The van der Waals surface area contributed by atoms with Crippen LogP contribution in [-0.2, 0) is 6.54 Å². The average Bonchev–Trinajstić information content (AvgIpc) is 2.97. The van der Waals surface area contributed by atoms with Gasteiger partial charge in [0.2, 0.25) is 0 Å². The molecule has 1 unspecified atom stereocenters. The Labute approximate surface area is 138 Å². The molecule has 0 amide bonds. The summed E-state index contributed by atoms with van der Waals surface area (Å²) in [6, 6.07) is 12.5. The molecule has 1 fully saturated rings. The first-order chi connectivity index (χ1) is 10.4. The fourth-order valence-electron chi connectivity index (χ4n) is 3.25. The number of para-hydroxylation sites is 1. The number of nitrogens with two attached hydrogens (primary N) is 1. The summed E-state index contributed by atoms with van der Waals surface area (Å²) in [6.07, 6.45) is 5.65. The van der Waals surface area contributed by atoms with E-state index in [1.54, 1.807) is 0 Å². The quantitative estimate of drug-likeness (QED) is 0.921. The summed E-state index contributed by atoms with van der Waals surface area (Å²) in [7, 11) is 0. The van der Waals surface area contributed by atoms with Crippen molar-refractivity contribution >= 4 is 12.4 Å². The molecule has 5 heteroatoms. The van der Waals surface area contributed by atoms with E-state index in [2.05, 4.69) is 40.3 Å². The Morgan fingerprint density at radius 1 is 1.18 bits per heavy atom. The van der Waals surface area contributed by atoms with Crippen LogP contribution < -0.4 is 5.73 Å². The van der Waals surface area contributed by atoms with Crippen molar-refractivity contribution in [3.63, 3.8) is 0 Å². The molecule has 1 saturated heterocycles. The van der Waals surface area contributed by atoms with E-state index in [4.69, 9.17) is 5.73 Å². The minimum atomic E-state index is 0. The van der Waals surface area contributed by atoms with Crippen LogP contribution in [0.1, 0.15) is 25.0 Å². The lowest BCUT2D eigenvalue weighted by atomic mass is 9.95. The van der Waals surface area contributed by atoms with Crippen molar-refractivity contribution in [3.8, 4) is 5.69 Å². The van der Waals surface area contributed by atoms with Crippen LogP contribution >= 0.6 is 12.4 Å². The van der Waals surface area contributed by atoms with E-state index in [1.165, 1.54) is 25.1 Å². The number of halogens is 1. The zero-order valence-electron chi connectivity index (χ0n) is 12.9. The maximum absolute atomic E-state index is 5.71. The first-order valence-electron chi connectivity index (χ1n) is 7.87. The monoisotopic (exact) mass is 320 g/mol. The predicted octanol–water partition coefficient (Wildman–Crippen LogP) is 2.85. The number of nitrogens with zero attached hydrogens (tertiary/aromatic N) is 3. The molecule has 0 saturated carbocycles. The topological polar surface area (TPSA) is 47.1 Å². The van der Waals surface area contributed by atoms with Gasteiger partial charge in [-0.1, -0.05) is 18.2 Å². The highest BCUT2D eigenvalue weighted by Gasteiger charge is 2.20. The summed E-state index contributed by atoms with van der Waals surface area (Å²) in [5.74, 6) is 0.761. The van der Waals surface area contributed by atoms with Gasteiger partial charge < -0.3 is 5.73 Å². The maximum Gasteiger partial charge on any atom is 0.0649 e. The lowest BCUT2D eigenvalue weighted by molar-refractivity contribution is 0.160. The van der Waals surface area contributed by atoms with E-state index < -0.39 is 0 Å². The summed E-state index contributed by atoms with van der Waals surface area (Å²) in [5, 5.41) is 4.48. The fourth-order valence-corrected chi connectivity index (χ4v) is 3.25. The summed E-state index contributed by atoms with van der Waals surface area (Å²) >= 11 is 0. The third-order valence-electron chi connectivity index (χ3n) is 4.29. The summed E-state index contributed by atoms with van der Waals surface area (Å²) < 4.78 is 2.05. The van der Waals surface area contributed by atoms with Crippen LogP contribution in [0.15, 0.2) is 42.6 Å². The average molecular weight is 321 g/mol. The van der Waals surface area contributed by atoms with Crippen LogP contribution in [0.4, 0.5) is 0 Å². The van der Waals surface area contributed by atoms with Gasteiger partial charge in [-0.15, -0.1) is 12.4 Å². The highest BCUT2D eigenvalue weighted by molar-refractivity contribution is 5.85. The third kappa shape index (κ3) is 4.09. The first kappa shape index (κ1) is 17.0.